The van der Waals surface area contributed by atoms with E-state index >= 15 is 0 Å². The van der Waals surface area contributed by atoms with Gasteiger partial charge in [-0.25, -0.2) is 4.79 Å². The third-order valence-corrected chi connectivity index (χ3v) is 4.62. The van der Waals surface area contributed by atoms with Crippen molar-refractivity contribution in [3.63, 3.8) is 0 Å². The highest BCUT2D eigenvalue weighted by atomic mass is 79.9. The minimum atomic E-state index is -0.556. The van der Waals surface area contributed by atoms with Crippen LogP contribution in [-0.4, -0.2) is 21.7 Å². The average Bonchev–Trinajstić information content (AvgIpc) is 3.19. The van der Waals surface area contributed by atoms with Crippen molar-refractivity contribution < 1.29 is 14.1 Å². The molecular weight excluding hydrogens is 384 g/mol. The van der Waals surface area contributed by atoms with E-state index in [1.807, 2.05) is 32.9 Å². The van der Waals surface area contributed by atoms with Gasteiger partial charge in [-0.2, -0.15) is 4.98 Å². The quantitative estimate of drug-likeness (QED) is 0.547. The summed E-state index contributed by atoms with van der Waals surface area (Å²) in [5.41, 5.74) is 0.752. The molecule has 0 aliphatic heterocycles. The zero-order chi connectivity index (χ0) is 18.2. The summed E-state index contributed by atoms with van der Waals surface area (Å²) in [6.07, 6.45) is 2.17. The molecule has 1 aliphatic carbocycles. The Balaban J connectivity index is 1.72. The Hall–Kier alpha value is -1.95. The highest BCUT2D eigenvalue weighted by Gasteiger charge is 2.50. The van der Waals surface area contributed by atoms with Gasteiger partial charge in [-0.3, -0.25) is 0 Å². The van der Waals surface area contributed by atoms with Gasteiger partial charge < -0.3 is 9.26 Å². The van der Waals surface area contributed by atoms with E-state index in [-0.39, 0.29) is 11.8 Å². The molecule has 0 bridgehead atoms. The van der Waals surface area contributed by atoms with Crippen molar-refractivity contribution in [2.24, 2.45) is 0 Å². The monoisotopic (exact) mass is 404 g/mol. The number of hydrogen-bond acceptors (Lipinski definition) is 5. The van der Waals surface area contributed by atoms with Crippen LogP contribution in [0.15, 0.2) is 45.4 Å². The molecule has 25 heavy (non-hydrogen) atoms. The topological polar surface area (TPSA) is 65.2 Å². The lowest BCUT2D eigenvalue weighted by Gasteiger charge is -2.19. The van der Waals surface area contributed by atoms with Gasteiger partial charge in [0.2, 0.25) is 5.89 Å². The van der Waals surface area contributed by atoms with Gasteiger partial charge in [-0.15, -0.1) is 0 Å². The van der Waals surface area contributed by atoms with Crippen LogP contribution in [0.5, 0.6) is 0 Å². The summed E-state index contributed by atoms with van der Waals surface area (Å²) in [7, 11) is 0. The summed E-state index contributed by atoms with van der Waals surface area (Å²) in [4.78, 5) is 16.5. The van der Waals surface area contributed by atoms with Crippen LogP contribution < -0.4 is 0 Å². The summed E-state index contributed by atoms with van der Waals surface area (Å²) in [5, 5.41) is 4.15. The number of benzene rings is 1. The van der Waals surface area contributed by atoms with Gasteiger partial charge in [0.25, 0.3) is 0 Å². The van der Waals surface area contributed by atoms with E-state index in [0.29, 0.717) is 17.3 Å². The number of hydrogen-bond donors (Lipinski definition) is 0. The lowest BCUT2D eigenvalue weighted by molar-refractivity contribution is -0.150. The Morgan fingerprint density at radius 1 is 1.32 bits per heavy atom. The summed E-state index contributed by atoms with van der Waals surface area (Å²) in [6.45, 7) is 9.23. The zero-order valence-electron chi connectivity index (χ0n) is 14.6. The fourth-order valence-corrected chi connectivity index (χ4v) is 2.93. The molecule has 0 radical (unpaired) electrons. The second-order valence-electron chi connectivity index (χ2n) is 7.38. The Bertz CT molecular complexity index is 799. The van der Waals surface area contributed by atoms with Gasteiger partial charge in [-0.1, -0.05) is 39.8 Å². The molecule has 1 aliphatic rings. The summed E-state index contributed by atoms with van der Waals surface area (Å²) in [6, 6.07) is 8.18. The number of carbonyl (C=O) groups is 1. The van der Waals surface area contributed by atoms with Crippen LogP contribution in [0.4, 0.5) is 0 Å². The highest BCUT2D eigenvalue weighted by Crippen LogP contribution is 2.52. The predicted octanol–water partition coefficient (Wildman–Crippen LogP) is 4.35. The normalized spacial score (nSPS) is 15.7. The number of ether oxygens (including phenoxy) is 1. The van der Waals surface area contributed by atoms with E-state index in [2.05, 4.69) is 44.8 Å². The van der Waals surface area contributed by atoms with Gasteiger partial charge in [0.1, 0.15) is 5.60 Å². The number of nitrogens with zero attached hydrogens (tertiary/aromatic N) is 2. The third-order valence-electron chi connectivity index (χ3n) is 4.10. The largest absolute Gasteiger partial charge is 0.457 e. The van der Waals surface area contributed by atoms with E-state index in [4.69, 9.17) is 9.26 Å². The Morgan fingerprint density at radius 2 is 1.96 bits per heavy atom. The third kappa shape index (κ3) is 4.00. The molecule has 0 atom stereocenters. The standard InChI is InChI=1S/C19H21BrN2O3/c1-12(16(23)24-18(2,3)4)11-15-21-17(22-25-15)19(9-10-19)13-5-7-14(20)8-6-13/h5-8H,1,9-11H2,2-4H3. The smallest absolute Gasteiger partial charge is 0.334 e. The molecule has 5 nitrogen and oxygen atoms in total. The van der Waals surface area contributed by atoms with E-state index in [1.54, 1.807) is 0 Å². The Labute approximate surface area is 155 Å². The molecule has 1 heterocycles. The van der Waals surface area contributed by atoms with Crippen molar-refractivity contribution >= 4 is 21.9 Å². The van der Waals surface area contributed by atoms with Crippen LogP contribution >= 0.6 is 15.9 Å². The molecule has 2 aromatic rings. The minimum Gasteiger partial charge on any atom is -0.457 e. The molecule has 0 saturated heterocycles. The van der Waals surface area contributed by atoms with Gasteiger partial charge >= 0.3 is 5.97 Å². The minimum absolute atomic E-state index is 0.171. The van der Waals surface area contributed by atoms with E-state index < -0.39 is 11.6 Å². The average molecular weight is 405 g/mol. The van der Waals surface area contributed by atoms with Crippen LogP contribution in [0.1, 0.15) is 50.9 Å². The lowest BCUT2D eigenvalue weighted by atomic mass is 9.95. The maximum absolute atomic E-state index is 12.0. The van der Waals surface area contributed by atoms with Crippen molar-refractivity contribution in [1.82, 2.24) is 10.1 Å². The molecule has 132 valence electrons. The molecule has 0 spiro atoms. The first-order valence-corrected chi connectivity index (χ1v) is 8.99. The van der Waals surface area contributed by atoms with Crippen LogP contribution in [0.2, 0.25) is 0 Å². The SMILES string of the molecule is C=C(Cc1nc(C2(c3ccc(Br)cc3)CC2)no1)C(=O)OC(C)(C)C. The summed E-state index contributed by atoms with van der Waals surface area (Å²) >= 11 is 3.45. The van der Waals surface area contributed by atoms with E-state index in [9.17, 15) is 4.79 Å². The van der Waals surface area contributed by atoms with Crippen LogP contribution in [-0.2, 0) is 21.4 Å². The van der Waals surface area contributed by atoms with Gasteiger partial charge in [0.15, 0.2) is 5.82 Å². The number of aromatic nitrogens is 2. The summed E-state index contributed by atoms with van der Waals surface area (Å²) in [5.74, 6) is 0.609. The van der Waals surface area contributed by atoms with Crippen molar-refractivity contribution in [1.29, 1.82) is 0 Å². The Kier molecular flexibility index (Phi) is 4.58. The number of esters is 1. The van der Waals surface area contributed by atoms with Crippen LogP contribution in [0.25, 0.3) is 0 Å². The lowest BCUT2D eigenvalue weighted by Crippen LogP contribution is -2.25. The van der Waals surface area contributed by atoms with Gasteiger partial charge in [-0.05, 0) is 51.3 Å². The van der Waals surface area contributed by atoms with E-state index in [0.717, 1.165) is 17.3 Å². The second kappa shape index (κ2) is 6.41. The molecule has 1 aromatic carbocycles. The molecule has 1 saturated carbocycles. The molecule has 1 aromatic heterocycles. The predicted molar refractivity (Wildman–Crippen MR) is 97.1 cm³/mol. The summed E-state index contributed by atoms with van der Waals surface area (Å²) < 4.78 is 11.7. The van der Waals surface area contributed by atoms with Crippen molar-refractivity contribution in [2.45, 2.75) is 51.0 Å². The number of halogens is 1. The van der Waals surface area contributed by atoms with Gasteiger partial charge in [0, 0.05) is 10.0 Å². The van der Waals surface area contributed by atoms with Crippen molar-refractivity contribution in [2.75, 3.05) is 0 Å². The van der Waals surface area contributed by atoms with Crippen molar-refractivity contribution in [3.8, 4) is 0 Å². The first kappa shape index (κ1) is 17.9. The van der Waals surface area contributed by atoms with Crippen LogP contribution in [0, 0.1) is 0 Å². The first-order chi connectivity index (χ1) is 11.7. The molecule has 1 fully saturated rings. The molecule has 6 heteroatoms. The fourth-order valence-electron chi connectivity index (χ4n) is 2.66. The number of carbonyl (C=O) groups excluding carboxylic acids is 1. The first-order valence-electron chi connectivity index (χ1n) is 8.20. The molecular formula is C19H21BrN2O3. The molecule has 0 N–H and O–H groups in total. The molecule has 0 unspecified atom stereocenters. The number of rotatable bonds is 5. The molecule has 3 rings (SSSR count). The second-order valence-corrected chi connectivity index (χ2v) is 8.30. The zero-order valence-corrected chi connectivity index (χ0v) is 16.2. The van der Waals surface area contributed by atoms with Crippen molar-refractivity contribution in [3.05, 3.63) is 58.2 Å². The Morgan fingerprint density at radius 3 is 2.52 bits per heavy atom. The van der Waals surface area contributed by atoms with Gasteiger partial charge in [0.05, 0.1) is 11.8 Å². The molecule has 0 amide bonds. The highest BCUT2D eigenvalue weighted by molar-refractivity contribution is 9.10. The fraction of sp³-hybridized carbons (Fsp3) is 0.421. The maximum Gasteiger partial charge on any atom is 0.334 e. The maximum atomic E-state index is 12.0. The van der Waals surface area contributed by atoms with Crippen LogP contribution in [0.3, 0.4) is 0 Å². The van der Waals surface area contributed by atoms with E-state index in [1.165, 1.54) is 5.56 Å².